The van der Waals surface area contributed by atoms with Crippen LogP contribution in [0.25, 0.3) is 10.4 Å². The van der Waals surface area contributed by atoms with E-state index in [1.54, 1.807) is 18.4 Å². The van der Waals surface area contributed by atoms with Crippen LogP contribution in [0.2, 0.25) is 0 Å². The van der Waals surface area contributed by atoms with Gasteiger partial charge in [-0.25, -0.2) is 0 Å². The molecule has 0 saturated carbocycles. The molecule has 0 unspecified atom stereocenters. The molecule has 4 nitrogen and oxygen atoms in total. The second kappa shape index (κ2) is 6.81. The van der Waals surface area contributed by atoms with Gasteiger partial charge < -0.3 is 15.0 Å². The first-order valence-corrected chi connectivity index (χ1v) is 9.75. The number of carbonyl (C=O) groups is 1. The van der Waals surface area contributed by atoms with E-state index in [1.165, 1.54) is 21.6 Å². The number of nitrogens with zero attached hydrogens (tertiary/aromatic N) is 1. The van der Waals surface area contributed by atoms with Crippen molar-refractivity contribution < 1.29 is 9.53 Å². The minimum absolute atomic E-state index is 0.0871. The summed E-state index contributed by atoms with van der Waals surface area (Å²) in [6.45, 7) is 2.11. The second-order valence-corrected chi connectivity index (χ2v) is 8.09. The average molecular weight is 356 g/mol. The topological polar surface area (TPSA) is 41.6 Å². The van der Waals surface area contributed by atoms with Gasteiger partial charge in [-0.05, 0) is 86.8 Å². The molecule has 2 aromatic rings. The number of piperidine rings is 1. The number of aryl methyl sites for hydroxylation is 2. The number of hydrogen-bond acceptors (Lipinski definition) is 4. The van der Waals surface area contributed by atoms with Crippen LogP contribution in [0.5, 0.6) is 5.75 Å². The molecule has 1 saturated heterocycles. The highest BCUT2D eigenvalue weighted by atomic mass is 32.1. The highest BCUT2D eigenvalue weighted by Crippen LogP contribution is 2.40. The molecule has 1 aromatic heterocycles. The summed E-state index contributed by atoms with van der Waals surface area (Å²) in [6.07, 6.45) is 4.08. The van der Waals surface area contributed by atoms with Crippen molar-refractivity contribution in [3.05, 3.63) is 40.3 Å². The molecule has 1 aromatic carbocycles. The van der Waals surface area contributed by atoms with Gasteiger partial charge in [-0.2, -0.15) is 0 Å². The molecule has 4 rings (SSSR count). The van der Waals surface area contributed by atoms with Crippen LogP contribution in [0.4, 0.5) is 0 Å². The van der Waals surface area contributed by atoms with Crippen molar-refractivity contribution >= 4 is 17.2 Å². The largest absolute Gasteiger partial charge is 0.497 e. The van der Waals surface area contributed by atoms with Gasteiger partial charge in [0.1, 0.15) is 5.75 Å². The van der Waals surface area contributed by atoms with Crippen LogP contribution in [-0.2, 0) is 12.8 Å². The summed E-state index contributed by atoms with van der Waals surface area (Å²) in [5.41, 5.74) is 3.87. The zero-order valence-electron chi connectivity index (χ0n) is 14.8. The maximum Gasteiger partial charge on any atom is 0.261 e. The fourth-order valence-corrected chi connectivity index (χ4v) is 4.93. The smallest absolute Gasteiger partial charge is 0.261 e. The maximum atomic E-state index is 12.7. The van der Waals surface area contributed by atoms with E-state index in [0.717, 1.165) is 49.4 Å². The molecule has 0 atom stereocenters. The molecule has 1 N–H and O–H groups in total. The molecule has 0 radical (unpaired) electrons. The van der Waals surface area contributed by atoms with Gasteiger partial charge in [0, 0.05) is 10.9 Å². The standard InChI is InChI=1S/C20H24N2O2S/c1-22-9-7-15(8-10-22)21-20(23)18-12-14-4-3-13-11-16(24-2)5-6-17(13)19(14)25-18/h5-6,11-12,15H,3-4,7-10H2,1-2H3,(H,21,23). The third-order valence-electron chi connectivity index (χ3n) is 5.31. The van der Waals surface area contributed by atoms with Gasteiger partial charge in [-0.3, -0.25) is 4.79 Å². The number of hydrogen-bond donors (Lipinski definition) is 1. The Bertz CT molecular complexity index is 791. The molecule has 2 aliphatic rings. The number of benzene rings is 1. The number of ether oxygens (including phenoxy) is 1. The van der Waals surface area contributed by atoms with Crippen LogP contribution in [0.3, 0.4) is 0 Å². The Morgan fingerprint density at radius 2 is 1.96 bits per heavy atom. The lowest BCUT2D eigenvalue weighted by Gasteiger charge is -2.29. The van der Waals surface area contributed by atoms with Crippen LogP contribution in [0, 0.1) is 0 Å². The molecule has 0 bridgehead atoms. The lowest BCUT2D eigenvalue weighted by molar-refractivity contribution is 0.0921. The summed E-state index contributed by atoms with van der Waals surface area (Å²) < 4.78 is 5.34. The quantitative estimate of drug-likeness (QED) is 0.917. The fraction of sp³-hybridized carbons (Fsp3) is 0.450. The van der Waals surface area contributed by atoms with Crippen LogP contribution in [0.15, 0.2) is 24.3 Å². The Balaban J connectivity index is 1.54. The van der Waals surface area contributed by atoms with Crippen molar-refractivity contribution in [2.75, 3.05) is 27.2 Å². The van der Waals surface area contributed by atoms with Crippen LogP contribution in [-0.4, -0.2) is 44.1 Å². The third kappa shape index (κ3) is 3.31. The molecular weight excluding hydrogens is 332 g/mol. The molecule has 0 spiro atoms. The average Bonchev–Trinajstić information content (AvgIpc) is 3.08. The molecule has 1 aliphatic heterocycles. The van der Waals surface area contributed by atoms with E-state index < -0.39 is 0 Å². The van der Waals surface area contributed by atoms with E-state index in [0.29, 0.717) is 6.04 Å². The van der Waals surface area contributed by atoms with Gasteiger partial charge in [-0.1, -0.05) is 0 Å². The van der Waals surface area contributed by atoms with Gasteiger partial charge in [0.05, 0.1) is 12.0 Å². The normalized spacial score (nSPS) is 17.7. The first-order chi connectivity index (χ1) is 12.1. The number of fused-ring (bicyclic) bond motifs is 3. The van der Waals surface area contributed by atoms with Crippen molar-refractivity contribution in [1.29, 1.82) is 0 Å². The molecule has 1 amide bonds. The van der Waals surface area contributed by atoms with Gasteiger partial charge in [0.2, 0.25) is 0 Å². The first kappa shape index (κ1) is 16.6. The highest BCUT2D eigenvalue weighted by molar-refractivity contribution is 7.17. The zero-order chi connectivity index (χ0) is 17.4. The van der Waals surface area contributed by atoms with E-state index in [4.69, 9.17) is 4.74 Å². The predicted molar refractivity (Wildman–Crippen MR) is 102 cm³/mol. The number of rotatable bonds is 3. The number of methoxy groups -OCH3 is 1. The van der Waals surface area contributed by atoms with Crippen LogP contribution >= 0.6 is 11.3 Å². The SMILES string of the molecule is COc1ccc2c(c1)CCc1cc(C(=O)NC3CCN(C)CC3)sc1-2. The van der Waals surface area contributed by atoms with Crippen LogP contribution < -0.4 is 10.1 Å². The van der Waals surface area contributed by atoms with Crippen molar-refractivity contribution in [3.63, 3.8) is 0 Å². The first-order valence-electron chi connectivity index (χ1n) is 8.93. The number of thiophene rings is 1. The van der Waals surface area contributed by atoms with Crippen molar-refractivity contribution in [2.45, 2.75) is 31.7 Å². The predicted octanol–water partition coefficient (Wildman–Crippen LogP) is 3.35. The monoisotopic (exact) mass is 356 g/mol. The summed E-state index contributed by atoms with van der Waals surface area (Å²) in [4.78, 5) is 17.1. The summed E-state index contributed by atoms with van der Waals surface area (Å²) in [7, 11) is 3.84. The molecule has 25 heavy (non-hydrogen) atoms. The van der Waals surface area contributed by atoms with Gasteiger partial charge in [0.15, 0.2) is 0 Å². The Morgan fingerprint density at radius 1 is 1.20 bits per heavy atom. The Labute approximate surface area is 152 Å². The second-order valence-electron chi connectivity index (χ2n) is 7.04. The van der Waals surface area contributed by atoms with Gasteiger partial charge >= 0.3 is 0 Å². The summed E-state index contributed by atoms with van der Waals surface area (Å²) in [5, 5.41) is 3.23. The van der Waals surface area contributed by atoms with Crippen molar-refractivity contribution in [1.82, 2.24) is 10.2 Å². The summed E-state index contributed by atoms with van der Waals surface area (Å²) >= 11 is 1.63. The van der Waals surface area contributed by atoms with E-state index >= 15 is 0 Å². The number of nitrogens with one attached hydrogen (secondary N) is 1. The van der Waals surface area contributed by atoms with Crippen molar-refractivity contribution in [3.8, 4) is 16.2 Å². The number of likely N-dealkylation sites (tertiary alicyclic amines) is 1. The van der Waals surface area contributed by atoms with E-state index in [9.17, 15) is 4.79 Å². The minimum Gasteiger partial charge on any atom is -0.497 e. The Kier molecular flexibility index (Phi) is 4.52. The number of amides is 1. The van der Waals surface area contributed by atoms with Gasteiger partial charge in [0.25, 0.3) is 5.91 Å². The molecule has 1 fully saturated rings. The number of carbonyl (C=O) groups excluding carboxylic acids is 1. The van der Waals surface area contributed by atoms with E-state index in [2.05, 4.69) is 35.5 Å². The Hall–Kier alpha value is -1.85. The lowest BCUT2D eigenvalue weighted by atomic mass is 9.91. The van der Waals surface area contributed by atoms with E-state index in [1.807, 2.05) is 6.07 Å². The fourth-order valence-electron chi connectivity index (χ4n) is 3.76. The minimum atomic E-state index is 0.0871. The zero-order valence-corrected chi connectivity index (χ0v) is 15.6. The van der Waals surface area contributed by atoms with Gasteiger partial charge in [-0.15, -0.1) is 11.3 Å². The highest BCUT2D eigenvalue weighted by Gasteiger charge is 2.24. The molecule has 132 valence electrons. The maximum absolute atomic E-state index is 12.7. The lowest BCUT2D eigenvalue weighted by Crippen LogP contribution is -2.43. The molecular formula is C20H24N2O2S. The van der Waals surface area contributed by atoms with E-state index in [-0.39, 0.29) is 5.91 Å². The van der Waals surface area contributed by atoms with Crippen molar-refractivity contribution in [2.24, 2.45) is 0 Å². The summed E-state index contributed by atoms with van der Waals surface area (Å²) in [6, 6.07) is 8.65. The summed E-state index contributed by atoms with van der Waals surface area (Å²) in [5.74, 6) is 0.989. The Morgan fingerprint density at radius 3 is 2.72 bits per heavy atom. The molecule has 2 heterocycles. The van der Waals surface area contributed by atoms with Crippen LogP contribution in [0.1, 0.15) is 33.6 Å². The third-order valence-corrected chi connectivity index (χ3v) is 6.52. The molecule has 1 aliphatic carbocycles. The molecule has 5 heteroatoms.